The molecule has 2 N–H and O–H groups in total. The van der Waals surface area contributed by atoms with Crippen molar-refractivity contribution in [3.8, 4) is 11.8 Å². The van der Waals surface area contributed by atoms with E-state index < -0.39 is 22.9 Å². The van der Waals surface area contributed by atoms with E-state index in [1.807, 2.05) is 5.92 Å². The van der Waals surface area contributed by atoms with Crippen molar-refractivity contribution in [2.24, 2.45) is 0 Å². The van der Waals surface area contributed by atoms with Crippen LogP contribution in [0.15, 0.2) is 91.0 Å². The molecule has 2 nitrogen and oxygen atoms in total. The molecule has 0 bridgehead atoms. The lowest BCUT2D eigenvalue weighted by Crippen LogP contribution is -2.41. The van der Waals surface area contributed by atoms with E-state index in [9.17, 15) is 23.4 Å². The number of aliphatic hydroxyl groups is 2. The average Bonchev–Trinajstić information content (AvgIpc) is 2.73. The van der Waals surface area contributed by atoms with Crippen LogP contribution in [0.25, 0.3) is 0 Å². The smallest absolute Gasteiger partial charge is 0.369 e. The van der Waals surface area contributed by atoms with Crippen molar-refractivity contribution in [1.82, 2.24) is 0 Å². The third-order valence-corrected chi connectivity index (χ3v) is 4.41. The van der Waals surface area contributed by atoms with Crippen LogP contribution < -0.4 is 0 Å². The molecule has 0 aliphatic heterocycles. The topological polar surface area (TPSA) is 40.5 Å². The van der Waals surface area contributed by atoms with Crippen LogP contribution in [0.2, 0.25) is 0 Å². The monoisotopic (exact) mass is 382 g/mol. The molecule has 0 saturated heterocycles. The van der Waals surface area contributed by atoms with Crippen molar-refractivity contribution in [3.05, 3.63) is 108 Å². The second kappa shape index (κ2) is 7.51. The fraction of sp³-hybridized carbons (Fsp3) is 0.130. The largest absolute Gasteiger partial charge is 0.433 e. The Labute approximate surface area is 160 Å². The van der Waals surface area contributed by atoms with Gasteiger partial charge in [-0.1, -0.05) is 96.9 Å². The summed E-state index contributed by atoms with van der Waals surface area (Å²) in [6.45, 7) is 0. The van der Waals surface area contributed by atoms with Gasteiger partial charge in [-0.2, -0.15) is 13.2 Å². The zero-order chi connectivity index (χ0) is 20.3. The maximum absolute atomic E-state index is 13.7. The van der Waals surface area contributed by atoms with Crippen molar-refractivity contribution in [3.63, 3.8) is 0 Å². The van der Waals surface area contributed by atoms with Gasteiger partial charge in [-0.15, -0.1) is 0 Å². The second-order valence-corrected chi connectivity index (χ2v) is 6.27. The van der Waals surface area contributed by atoms with Gasteiger partial charge < -0.3 is 10.2 Å². The lowest BCUT2D eigenvalue weighted by molar-refractivity contribution is -0.240. The van der Waals surface area contributed by atoms with E-state index in [1.54, 1.807) is 60.7 Å². The van der Waals surface area contributed by atoms with Gasteiger partial charge in [0, 0.05) is 16.7 Å². The Morgan fingerprint density at radius 2 is 0.893 bits per heavy atom. The summed E-state index contributed by atoms with van der Waals surface area (Å²) in [5.41, 5.74) is -5.28. The summed E-state index contributed by atoms with van der Waals surface area (Å²) in [6.07, 6.45) is -5.06. The highest BCUT2D eigenvalue weighted by Crippen LogP contribution is 2.39. The van der Waals surface area contributed by atoms with Crippen LogP contribution in [0.4, 0.5) is 13.2 Å². The van der Waals surface area contributed by atoms with E-state index in [1.165, 1.54) is 18.2 Å². The molecule has 28 heavy (non-hydrogen) atoms. The zero-order valence-electron chi connectivity index (χ0n) is 14.7. The zero-order valence-corrected chi connectivity index (χ0v) is 14.7. The molecule has 0 amide bonds. The van der Waals surface area contributed by atoms with Crippen LogP contribution in [0.1, 0.15) is 16.7 Å². The number of hydrogen-bond acceptors (Lipinski definition) is 2. The van der Waals surface area contributed by atoms with E-state index in [0.717, 1.165) is 12.1 Å². The van der Waals surface area contributed by atoms with Crippen LogP contribution in [-0.2, 0) is 11.2 Å². The van der Waals surface area contributed by atoms with E-state index in [2.05, 4.69) is 5.92 Å². The van der Waals surface area contributed by atoms with Gasteiger partial charge in [0.15, 0.2) is 5.60 Å². The minimum absolute atomic E-state index is 0.297. The Bertz CT molecular complexity index is 935. The van der Waals surface area contributed by atoms with Gasteiger partial charge in [0.05, 0.1) is 0 Å². The summed E-state index contributed by atoms with van der Waals surface area (Å²) < 4.78 is 41.2. The van der Waals surface area contributed by atoms with Crippen molar-refractivity contribution >= 4 is 0 Å². The molecule has 142 valence electrons. The van der Waals surface area contributed by atoms with Crippen molar-refractivity contribution < 1.29 is 23.4 Å². The molecule has 0 radical (unpaired) electrons. The Hall–Kier alpha value is -3.07. The quantitative estimate of drug-likeness (QED) is 0.660. The molecule has 3 aromatic rings. The molecule has 0 fully saturated rings. The summed E-state index contributed by atoms with van der Waals surface area (Å²) in [5, 5.41) is 21.7. The van der Waals surface area contributed by atoms with Gasteiger partial charge in [0.25, 0.3) is 0 Å². The lowest BCUT2D eigenvalue weighted by Gasteiger charge is -2.28. The van der Waals surface area contributed by atoms with Gasteiger partial charge in [0.2, 0.25) is 5.60 Å². The normalized spacial score (nSPS) is 13.9. The molecule has 1 atom stereocenters. The van der Waals surface area contributed by atoms with Crippen molar-refractivity contribution in [2.45, 2.75) is 17.4 Å². The first-order chi connectivity index (χ1) is 13.3. The minimum Gasteiger partial charge on any atom is -0.369 e. The molecule has 3 aromatic carbocycles. The Balaban J connectivity index is 2.20. The van der Waals surface area contributed by atoms with E-state index in [0.29, 0.717) is 11.1 Å². The highest BCUT2D eigenvalue weighted by atomic mass is 19.4. The van der Waals surface area contributed by atoms with Crippen molar-refractivity contribution in [1.29, 1.82) is 0 Å². The maximum Gasteiger partial charge on any atom is 0.433 e. The molecule has 0 aliphatic rings. The van der Waals surface area contributed by atoms with E-state index in [-0.39, 0.29) is 0 Å². The van der Waals surface area contributed by atoms with Gasteiger partial charge in [-0.05, 0) is 5.92 Å². The first kappa shape index (κ1) is 19.7. The second-order valence-electron chi connectivity index (χ2n) is 6.27. The molecule has 0 aromatic heterocycles. The first-order valence-corrected chi connectivity index (χ1v) is 8.50. The SMILES string of the molecule is OC(C#CC(O)(c1ccccc1)C(F)(F)F)(c1ccccc1)c1ccccc1. The summed E-state index contributed by atoms with van der Waals surface area (Å²) in [7, 11) is 0. The van der Waals surface area contributed by atoms with E-state index >= 15 is 0 Å². The molecule has 0 spiro atoms. The van der Waals surface area contributed by atoms with Crippen LogP contribution in [-0.4, -0.2) is 16.4 Å². The molecule has 1 unspecified atom stereocenters. The van der Waals surface area contributed by atoms with Crippen LogP contribution in [0.3, 0.4) is 0 Å². The summed E-state index contributed by atoms with van der Waals surface area (Å²) >= 11 is 0. The van der Waals surface area contributed by atoms with Gasteiger partial charge in [0.1, 0.15) is 0 Å². The van der Waals surface area contributed by atoms with Crippen LogP contribution >= 0.6 is 0 Å². The fourth-order valence-corrected chi connectivity index (χ4v) is 2.84. The van der Waals surface area contributed by atoms with Crippen LogP contribution in [0, 0.1) is 11.8 Å². The Morgan fingerprint density at radius 1 is 0.536 bits per heavy atom. The van der Waals surface area contributed by atoms with E-state index in [4.69, 9.17) is 0 Å². The molecule has 0 heterocycles. The Kier molecular flexibility index (Phi) is 5.28. The fourth-order valence-electron chi connectivity index (χ4n) is 2.84. The van der Waals surface area contributed by atoms with Crippen LogP contribution in [0.5, 0.6) is 0 Å². The predicted octanol–water partition coefficient (Wildman–Crippen LogP) is 4.38. The first-order valence-electron chi connectivity index (χ1n) is 8.50. The third kappa shape index (κ3) is 3.65. The third-order valence-electron chi connectivity index (χ3n) is 4.41. The van der Waals surface area contributed by atoms with Crippen molar-refractivity contribution in [2.75, 3.05) is 0 Å². The lowest BCUT2D eigenvalue weighted by atomic mass is 9.85. The number of rotatable bonds is 3. The molecule has 0 saturated carbocycles. The van der Waals surface area contributed by atoms with Gasteiger partial charge in [-0.25, -0.2) is 0 Å². The Morgan fingerprint density at radius 3 is 1.25 bits per heavy atom. The summed E-state index contributed by atoms with van der Waals surface area (Å²) in [6, 6.07) is 22.9. The number of benzene rings is 3. The molecular weight excluding hydrogens is 365 g/mol. The predicted molar refractivity (Wildman–Crippen MR) is 100 cm³/mol. The molecule has 3 rings (SSSR count). The summed E-state index contributed by atoms with van der Waals surface area (Å²) in [5.74, 6) is 4.23. The number of alkyl halides is 3. The molecule has 0 aliphatic carbocycles. The molecule has 5 heteroatoms. The summed E-state index contributed by atoms with van der Waals surface area (Å²) in [4.78, 5) is 0. The average molecular weight is 382 g/mol. The molecular formula is C23H17F3O2. The minimum atomic E-state index is -5.06. The maximum atomic E-state index is 13.7. The van der Waals surface area contributed by atoms with Gasteiger partial charge in [-0.3, -0.25) is 0 Å². The standard InChI is InChI=1S/C23H17F3O2/c24-23(25,26)22(28,20-14-8-3-9-15-20)17-16-21(27,18-10-4-1-5-11-18)19-12-6-2-7-13-19/h1-15,27-28H. The number of hydrogen-bond donors (Lipinski definition) is 2. The number of halogens is 3. The highest BCUT2D eigenvalue weighted by Gasteiger charge is 2.54. The van der Waals surface area contributed by atoms with Gasteiger partial charge >= 0.3 is 6.18 Å². The highest BCUT2D eigenvalue weighted by molar-refractivity contribution is 5.46.